The molecule has 0 saturated heterocycles. The lowest BCUT2D eigenvalue weighted by Gasteiger charge is -2.14. The first-order valence-electron chi connectivity index (χ1n) is 8.24. The van der Waals surface area contributed by atoms with Crippen LogP contribution in [-0.2, 0) is 0 Å². The molecule has 1 heterocycles. The van der Waals surface area contributed by atoms with Crippen LogP contribution in [0.3, 0.4) is 0 Å². The Morgan fingerprint density at radius 3 is 2.71 bits per heavy atom. The Balaban J connectivity index is 1.69. The van der Waals surface area contributed by atoms with Crippen LogP contribution in [0.1, 0.15) is 34.7 Å². The molecule has 4 rings (SSSR count). The van der Waals surface area contributed by atoms with Crippen LogP contribution in [-0.4, -0.2) is 10.8 Å². The molecule has 0 spiro atoms. The minimum Gasteiger partial charge on any atom is -0.507 e. The van der Waals surface area contributed by atoms with Crippen LogP contribution in [0.15, 0.2) is 59.7 Å². The summed E-state index contributed by atoms with van der Waals surface area (Å²) < 4.78 is 0. The summed E-state index contributed by atoms with van der Waals surface area (Å²) in [6, 6.07) is 18.9. The number of nitrogens with zero attached hydrogens (tertiary/aromatic N) is 1. The van der Waals surface area contributed by atoms with E-state index in [0.717, 1.165) is 28.8 Å². The molecular weight excluding hydrogens is 296 g/mol. The monoisotopic (exact) mass is 316 g/mol. The molecule has 1 atom stereocenters. The SMILES string of the molecule is Cc1cc(C)c(O)c(C2=NN[C@H](c3cccc4ccccc34)C2)c1. The van der Waals surface area contributed by atoms with E-state index in [2.05, 4.69) is 53.0 Å². The minimum absolute atomic E-state index is 0.131. The van der Waals surface area contributed by atoms with Gasteiger partial charge in [0.05, 0.1) is 11.8 Å². The van der Waals surface area contributed by atoms with Crippen LogP contribution in [0.2, 0.25) is 0 Å². The number of aryl methyl sites for hydroxylation is 2. The Labute approximate surface area is 141 Å². The van der Waals surface area contributed by atoms with Crippen molar-refractivity contribution in [2.75, 3.05) is 0 Å². The van der Waals surface area contributed by atoms with E-state index in [4.69, 9.17) is 0 Å². The van der Waals surface area contributed by atoms with E-state index in [1.54, 1.807) is 0 Å². The van der Waals surface area contributed by atoms with Crippen LogP contribution in [0.5, 0.6) is 5.75 Å². The second-order valence-electron chi connectivity index (χ2n) is 6.49. The average molecular weight is 316 g/mol. The van der Waals surface area contributed by atoms with Gasteiger partial charge in [0.1, 0.15) is 5.75 Å². The molecule has 0 aliphatic carbocycles. The number of phenols is 1. The highest BCUT2D eigenvalue weighted by molar-refractivity contribution is 6.04. The third kappa shape index (κ3) is 2.42. The third-order valence-electron chi connectivity index (χ3n) is 4.71. The highest BCUT2D eigenvalue weighted by atomic mass is 16.3. The Bertz CT molecular complexity index is 954. The average Bonchev–Trinajstić information content (AvgIpc) is 3.07. The van der Waals surface area contributed by atoms with Crippen molar-refractivity contribution in [3.05, 3.63) is 76.9 Å². The third-order valence-corrected chi connectivity index (χ3v) is 4.71. The molecule has 1 aliphatic heterocycles. The number of aromatic hydroxyl groups is 1. The van der Waals surface area contributed by atoms with Gasteiger partial charge in [0.15, 0.2) is 0 Å². The van der Waals surface area contributed by atoms with E-state index in [1.165, 1.54) is 16.3 Å². The lowest BCUT2D eigenvalue weighted by atomic mass is 9.93. The first kappa shape index (κ1) is 14.8. The van der Waals surface area contributed by atoms with E-state index < -0.39 is 0 Å². The molecule has 0 saturated carbocycles. The Morgan fingerprint density at radius 2 is 1.83 bits per heavy atom. The number of phenolic OH excluding ortho intramolecular Hbond substituents is 1. The molecule has 3 aromatic rings. The van der Waals surface area contributed by atoms with Gasteiger partial charge >= 0.3 is 0 Å². The van der Waals surface area contributed by atoms with Crippen molar-refractivity contribution in [2.24, 2.45) is 5.10 Å². The number of fused-ring (bicyclic) bond motifs is 1. The van der Waals surface area contributed by atoms with Gasteiger partial charge in [-0.05, 0) is 47.4 Å². The fraction of sp³-hybridized carbons (Fsp3) is 0.190. The molecule has 3 heteroatoms. The highest BCUT2D eigenvalue weighted by Gasteiger charge is 2.24. The fourth-order valence-corrected chi connectivity index (χ4v) is 3.52. The smallest absolute Gasteiger partial charge is 0.127 e. The van der Waals surface area contributed by atoms with Crippen molar-refractivity contribution >= 4 is 16.5 Å². The van der Waals surface area contributed by atoms with Gasteiger partial charge in [0.2, 0.25) is 0 Å². The van der Waals surface area contributed by atoms with E-state index in [1.807, 2.05) is 26.0 Å². The van der Waals surface area contributed by atoms with Gasteiger partial charge < -0.3 is 10.5 Å². The van der Waals surface area contributed by atoms with E-state index in [-0.39, 0.29) is 6.04 Å². The molecule has 120 valence electrons. The molecular formula is C21H20N2O. The number of benzene rings is 3. The van der Waals surface area contributed by atoms with E-state index in [0.29, 0.717) is 5.75 Å². The second-order valence-corrected chi connectivity index (χ2v) is 6.49. The first-order chi connectivity index (χ1) is 11.6. The number of hydrazone groups is 1. The molecule has 0 aromatic heterocycles. The lowest BCUT2D eigenvalue weighted by molar-refractivity contribution is 0.469. The molecule has 0 fully saturated rings. The molecule has 1 aliphatic rings. The predicted octanol–water partition coefficient (Wildman–Crippen LogP) is 4.60. The molecule has 3 aromatic carbocycles. The van der Waals surface area contributed by atoms with Crippen molar-refractivity contribution < 1.29 is 5.11 Å². The fourth-order valence-electron chi connectivity index (χ4n) is 3.52. The highest BCUT2D eigenvalue weighted by Crippen LogP contribution is 2.33. The van der Waals surface area contributed by atoms with Gasteiger partial charge in [-0.25, -0.2) is 0 Å². The maximum Gasteiger partial charge on any atom is 0.127 e. The maximum atomic E-state index is 10.4. The van der Waals surface area contributed by atoms with Crippen LogP contribution in [0.4, 0.5) is 0 Å². The second kappa shape index (κ2) is 5.68. The maximum absolute atomic E-state index is 10.4. The summed E-state index contributed by atoms with van der Waals surface area (Å²) in [5.74, 6) is 0.333. The summed E-state index contributed by atoms with van der Waals surface area (Å²) in [6.07, 6.45) is 0.768. The van der Waals surface area contributed by atoms with Crippen LogP contribution in [0, 0.1) is 13.8 Å². The zero-order chi connectivity index (χ0) is 16.7. The van der Waals surface area contributed by atoms with Gasteiger partial charge in [0.25, 0.3) is 0 Å². The zero-order valence-electron chi connectivity index (χ0n) is 13.9. The van der Waals surface area contributed by atoms with Crippen molar-refractivity contribution in [1.29, 1.82) is 0 Å². The first-order valence-corrected chi connectivity index (χ1v) is 8.24. The van der Waals surface area contributed by atoms with Crippen molar-refractivity contribution in [3.8, 4) is 5.75 Å². The summed E-state index contributed by atoms with van der Waals surface area (Å²) in [6.45, 7) is 3.97. The van der Waals surface area contributed by atoms with Crippen molar-refractivity contribution in [3.63, 3.8) is 0 Å². The number of nitrogens with one attached hydrogen (secondary N) is 1. The van der Waals surface area contributed by atoms with Gasteiger partial charge in [-0.2, -0.15) is 5.10 Å². The lowest BCUT2D eigenvalue weighted by Crippen LogP contribution is -2.10. The molecule has 0 unspecified atom stereocenters. The standard InChI is InChI=1S/C21H20N2O/c1-13-10-14(2)21(24)18(11-13)20-12-19(22-23-20)17-9-5-7-15-6-3-4-8-16(15)17/h3-11,19,22,24H,12H2,1-2H3/t19-/m0/s1. The molecule has 24 heavy (non-hydrogen) atoms. The Morgan fingerprint density at radius 1 is 1.04 bits per heavy atom. The number of hydrogen-bond donors (Lipinski definition) is 2. The molecule has 0 bridgehead atoms. The van der Waals surface area contributed by atoms with Crippen molar-refractivity contribution in [2.45, 2.75) is 26.3 Å². The largest absolute Gasteiger partial charge is 0.507 e. The Kier molecular flexibility index (Phi) is 3.49. The number of hydrogen-bond acceptors (Lipinski definition) is 3. The normalized spacial score (nSPS) is 16.9. The van der Waals surface area contributed by atoms with Gasteiger partial charge in [-0.1, -0.05) is 48.5 Å². The van der Waals surface area contributed by atoms with Gasteiger partial charge in [-0.3, -0.25) is 0 Å². The van der Waals surface area contributed by atoms with Crippen molar-refractivity contribution in [1.82, 2.24) is 5.43 Å². The van der Waals surface area contributed by atoms with Crippen LogP contribution in [0.25, 0.3) is 10.8 Å². The van der Waals surface area contributed by atoms with E-state index >= 15 is 0 Å². The molecule has 3 nitrogen and oxygen atoms in total. The summed E-state index contributed by atoms with van der Waals surface area (Å²) in [4.78, 5) is 0. The summed E-state index contributed by atoms with van der Waals surface area (Å²) in [5, 5.41) is 17.4. The topological polar surface area (TPSA) is 44.6 Å². The quantitative estimate of drug-likeness (QED) is 0.725. The minimum atomic E-state index is 0.131. The number of rotatable bonds is 2. The molecule has 2 N–H and O–H groups in total. The van der Waals surface area contributed by atoms with Crippen LogP contribution < -0.4 is 5.43 Å². The Hall–Kier alpha value is -2.81. The zero-order valence-corrected chi connectivity index (χ0v) is 13.9. The summed E-state index contributed by atoms with van der Waals surface area (Å²) in [5.41, 5.74) is 8.28. The summed E-state index contributed by atoms with van der Waals surface area (Å²) >= 11 is 0. The predicted molar refractivity (Wildman–Crippen MR) is 98.6 cm³/mol. The molecule has 0 radical (unpaired) electrons. The van der Waals surface area contributed by atoms with Gasteiger partial charge in [0, 0.05) is 12.0 Å². The molecule has 0 amide bonds. The van der Waals surface area contributed by atoms with Gasteiger partial charge in [-0.15, -0.1) is 0 Å². The summed E-state index contributed by atoms with van der Waals surface area (Å²) in [7, 11) is 0. The van der Waals surface area contributed by atoms with Crippen LogP contribution >= 0.6 is 0 Å². The van der Waals surface area contributed by atoms with E-state index in [9.17, 15) is 5.11 Å².